The van der Waals surface area contributed by atoms with Crippen molar-refractivity contribution in [3.05, 3.63) is 0 Å². The van der Waals surface area contributed by atoms with Crippen LogP contribution >= 0.6 is 11.8 Å². The van der Waals surface area contributed by atoms with E-state index in [1.807, 2.05) is 18.8 Å². The predicted molar refractivity (Wildman–Crippen MR) is 94.3 cm³/mol. The molecule has 122 valence electrons. The van der Waals surface area contributed by atoms with Crippen molar-refractivity contribution in [3.8, 4) is 0 Å². The van der Waals surface area contributed by atoms with Crippen LogP contribution in [0.1, 0.15) is 39.0 Å². The molecule has 0 amide bonds. The van der Waals surface area contributed by atoms with E-state index >= 15 is 0 Å². The van der Waals surface area contributed by atoms with Crippen LogP contribution in [0, 0.1) is 5.92 Å². The van der Waals surface area contributed by atoms with E-state index < -0.39 is 0 Å². The number of hydrogen-bond donors (Lipinski definition) is 2. The monoisotopic (exact) mass is 312 g/mol. The number of thioether (sulfide) groups is 1. The number of nitrogens with one attached hydrogen (secondary N) is 2. The number of aliphatic imine (C=N–C) groups is 1. The highest BCUT2D eigenvalue weighted by atomic mass is 32.2. The van der Waals surface area contributed by atoms with Crippen molar-refractivity contribution in [2.24, 2.45) is 10.9 Å². The summed E-state index contributed by atoms with van der Waals surface area (Å²) in [5, 5.41) is 7.97. The summed E-state index contributed by atoms with van der Waals surface area (Å²) in [4.78, 5) is 6.98. The van der Waals surface area contributed by atoms with E-state index in [4.69, 9.17) is 0 Å². The molecule has 2 N–H and O–H groups in total. The highest BCUT2D eigenvalue weighted by Gasteiger charge is 2.25. The second-order valence-corrected chi connectivity index (χ2v) is 7.56. The first-order chi connectivity index (χ1) is 10.2. The van der Waals surface area contributed by atoms with E-state index in [1.54, 1.807) is 0 Å². The van der Waals surface area contributed by atoms with Gasteiger partial charge in [-0.3, -0.25) is 4.99 Å². The first-order valence-corrected chi connectivity index (χ1v) is 9.76. The van der Waals surface area contributed by atoms with Gasteiger partial charge in [0.2, 0.25) is 0 Å². The largest absolute Gasteiger partial charge is 0.356 e. The van der Waals surface area contributed by atoms with Crippen LogP contribution in [-0.4, -0.2) is 61.6 Å². The molecule has 4 nitrogen and oxygen atoms in total. The molecule has 3 unspecified atom stereocenters. The Balaban J connectivity index is 1.67. The maximum absolute atomic E-state index is 4.39. The zero-order valence-electron chi connectivity index (χ0n) is 13.9. The van der Waals surface area contributed by atoms with Gasteiger partial charge in [-0.15, -0.1) is 0 Å². The number of rotatable bonds is 6. The van der Waals surface area contributed by atoms with Crippen molar-refractivity contribution in [2.75, 3.05) is 39.5 Å². The summed E-state index contributed by atoms with van der Waals surface area (Å²) in [5.41, 5.74) is 0. The van der Waals surface area contributed by atoms with Crippen molar-refractivity contribution < 1.29 is 0 Å². The fourth-order valence-electron chi connectivity index (χ4n) is 3.51. The summed E-state index contributed by atoms with van der Waals surface area (Å²) in [7, 11) is 1.88. The van der Waals surface area contributed by atoms with Gasteiger partial charge in [0.05, 0.1) is 0 Å². The minimum Gasteiger partial charge on any atom is -0.356 e. The molecular weight excluding hydrogens is 280 g/mol. The second kappa shape index (κ2) is 8.89. The Hall–Kier alpha value is -0.420. The van der Waals surface area contributed by atoms with E-state index in [1.165, 1.54) is 51.7 Å². The molecule has 0 aromatic heterocycles. The van der Waals surface area contributed by atoms with E-state index in [2.05, 4.69) is 33.7 Å². The molecule has 0 radical (unpaired) electrons. The molecule has 0 aromatic rings. The van der Waals surface area contributed by atoms with Gasteiger partial charge in [-0.25, -0.2) is 0 Å². The SMILES string of the molecule is CCCN1CCC(CNC(=NC)NC2CCC(SC)C2)C1. The molecule has 1 aliphatic heterocycles. The molecule has 2 rings (SSSR count). The molecule has 0 bridgehead atoms. The molecule has 2 fully saturated rings. The number of likely N-dealkylation sites (tertiary alicyclic amines) is 1. The lowest BCUT2D eigenvalue weighted by Crippen LogP contribution is -2.44. The Labute approximate surface area is 134 Å². The lowest BCUT2D eigenvalue weighted by atomic mass is 10.1. The minimum atomic E-state index is 0.605. The van der Waals surface area contributed by atoms with Crippen LogP contribution in [0.25, 0.3) is 0 Å². The number of hydrogen-bond acceptors (Lipinski definition) is 3. The molecule has 1 aliphatic carbocycles. The summed E-state index contributed by atoms with van der Waals surface area (Å²) >= 11 is 2.00. The Morgan fingerprint density at radius 3 is 2.86 bits per heavy atom. The van der Waals surface area contributed by atoms with Crippen LogP contribution in [0.4, 0.5) is 0 Å². The average Bonchev–Trinajstić information content (AvgIpc) is 3.13. The molecule has 21 heavy (non-hydrogen) atoms. The second-order valence-electron chi connectivity index (χ2n) is 6.42. The Morgan fingerprint density at radius 1 is 1.33 bits per heavy atom. The maximum Gasteiger partial charge on any atom is 0.191 e. The summed E-state index contributed by atoms with van der Waals surface area (Å²) in [6, 6.07) is 0.605. The first-order valence-electron chi connectivity index (χ1n) is 8.47. The lowest BCUT2D eigenvalue weighted by molar-refractivity contribution is 0.324. The van der Waals surface area contributed by atoms with Gasteiger partial charge in [-0.2, -0.15) is 11.8 Å². The Bertz CT molecular complexity index is 334. The van der Waals surface area contributed by atoms with Crippen molar-refractivity contribution >= 4 is 17.7 Å². The van der Waals surface area contributed by atoms with Crippen molar-refractivity contribution in [3.63, 3.8) is 0 Å². The molecule has 0 aromatic carbocycles. The third-order valence-electron chi connectivity index (χ3n) is 4.75. The first kappa shape index (κ1) is 16.9. The summed E-state index contributed by atoms with van der Waals surface area (Å²) in [6.07, 6.45) is 8.70. The van der Waals surface area contributed by atoms with Crippen molar-refractivity contribution in [1.82, 2.24) is 15.5 Å². The van der Waals surface area contributed by atoms with Gasteiger partial charge in [-0.05, 0) is 57.4 Å². The molecule has 3 atom stereocenters. The quantitative estimate of drug-likeness (QED) is 0.582. The van der Waals surface area contributed by atoms with E-state index in [-0.39, 0.29) is 0 Å². The maximum atomic E-state index is 4.39. The highest BCUT2D eigenvalue weighted by Crippen LogP contribution is 2.28. The fourth-order valence-corrected chi connectivity index (χ4v) is 4.31. The molecule has 1 saturated carbocycles. The van der Waals surface area contributed by atoms with Gasteiger partial charge in [0.25, 0.3) is 0 Å². The van der Waals surface area contributed by atoms with Crippen LogP contribution in [0.2, 0.25) is 0 Å². The van der Waals surface area contributed by atoms with Crippen LogP contribution in [0.5, 0.6) is 0 Å². The molecule has 5 heteroatoms. The van der Waals surface area contributed by atoms with E-state index in [0.29, 0.717) is 6.04 Å². The third-order valence-corrected chi connectivity index (χ3v) is 5.85. The van der Waals surface area contributed by atoms with Gasteiger partial charge < -0.3 is 15.5 Å². The predicted octanol–water partition coefficient (Wildman–Crippen LogP) is 2.17. The van der Waals surface area contributed by atoms with Crippen molar-refractivity contribution in [2.45, 2.75) is 50.3 Å². The molecule has 0 spiro atoms. The molecule has 2 aliphatic rings. The van der Waals surface area contributed by atoms with Gasteiger partial charge in [0.15, 0.2) is 5.96 Å². The van der Waals surface area contributed by atoms with E-state index in [0.717, 1.165) is 23.7 Å². The van der Waals surface area contributed by atoms with Gasteiger partial charge in [0.1, 0.15) is 0 Å². The summed E-state index contributed by atoms with van der Waals surface area (Å²) < 4.78 is 0. The van der Waals surface area contributed by atoms with Crippen LogP contribution in [0.3, 0.4) is 0 Å². The Morgan fingerprint density at radius 2 is 2.19 bits per heavy atom. The minimum absolute atomic E-state index is 0.605. The zero-order valence-corrected chi connectivity index (χ0v) is 14.7. The van der Waals surface area contributed by atoms with Crippen molar-refractivity contribution in [1.29, 1.82) is 0 Å². The standard InChI is InChI=1S/C16H32N4S/c1-4-8-20-9-7-13(12-20)11-18-16(17-2)19-14-5-6-15(10-14)21-3/h13-15H,4-12H2,1-3H3,(H2,17,18,19). The number of nitrogens with zero attached hydrogens (tertiary/aromatic N) is 2. The molecule has 1 heterocycles. The summed E-state index contributed by atoms with van der Waals surface area (Å²) in [6.45, 7) is 7.08. The summed E-state index contributed by atoms with van der Waals surface area (Å²) in [5.74, 6) is 1.77. The zero-order chi connectivity index (χ0) is 15.1. The molecular formula is C16H32N4S. The van der Waals surface area contributed by atoms with Crippen LogP contribution in [0.15, 0.2) is 4.99 Å². The lowest BCUT2D eigenvalue weighted by Gasteiger charge is -2.19. The van der Waals surface area contributed by atoms with Crippen LogP contribution < -0.4 is 10.6 Å². The number of guanidine groups is 1. The topological polar surface area (TPSA) is 39.7 Å². The smallest absolute Gasteiger partial charge is 0.191 e. The molecule has 1 saturated heterocycles. The van der Waals surface area contributed by atoms with Gasteiger partial charge in [0, 0.05) is 31.4 Å². The van der Waals surface area contributed by atoms with Gasteiger partial charge in [-0.1, -0.05) is 6.92 Å². The van der Waals surface area contributed by atoms with Gasteiger partial charge >= 0.3 is 0 Å². The van der Waals surface area contributed by atoms with E-state index in [9.17, 15) is 0 Å². The normalized spacial score (nSPS) is 30.8. The van der Waals surface area contributed by atoms with Crippen LogP contribution in [-0.2, 0) is 0 Å². The third kappa shape index (κ3) is 5.37. The average molecular weight is 313 g/mol. The highest BCUT2D eigenvalue weighted by molar-refractivity contribution is 7.99. The Kier molecular flexibility index (Phi) is 7.17. The fraction of sp³-hybridized carbons (Fsp3) is 0.938.